The minimum atomic E-state index is -4.37. The van der Waals surface area contributed by atoms with Gasteiger partial charge < -0.3 is 10.4 Å². The number of aromatic hydroxyl groups is 1. The third-order valence-electron chi connectivity index (χ3n) is 8.02. The number of phenols is 1. The van der Waals surface area contributed by atoms with E-state index in [1.165, 1.54) is 58.1 Å². The van der Waals surface area contributed by atoms with E-state index in [0.29, 0.717) is 35.3 Å². The number of nitriles is 1. The third-order valence-corrected chi connectivity index (χ3v) is 10.3. The van der Waals surface area contributed by atoms with Gasteiger partial charge in [0.15, 0.2) is 5.03 Å². The lowest BCUT2D eigenvalue weighted by Gasteiger charge is -2.29. The molecule has 2 atom stereocenters. The van der Waals surface area contributed by atoms with Crippen molar-refractivity contribution in [3.05, 3.63) is 94.1 Å². The minimum absolute atomic E-state index is 0.0281. The average molecular weight is 666 g/mol. The predicted octanol–water partition coefficient (Wildman–Crippen LogP) is 5.20. The van der Waals surface area contributed by atoms with Gasteiger partial charge in [0.1, 0.15) is 17.3 Å². The number of phenolic OH excluding ortho intramolecular Hbond substituents is 1. The highest BCUT2D eigenvalue weighted by molar-refractivity contribution is 7.89. The Balaban J connectivity index is 1.43. The molecule has 0 aliphatic carbocycles. The molecule has 2 amide bonds. The smallest absolute Gasteiger partial charge is 0.261 e. The topological polar surface area (TPSA) is 149 Å². The number of nitrogens with one attached hydrogen (secondary N) is 1. The molecule has 1 saturated heterocycles. The van der Waals surface area contributed by atoms with Crippen LogP contribution in [0.15, 0.2) is 78.0 Å². The van der Waals surface area contributed by atoms with Gasteiger partial charge >= 0.3 is 0 Å². The summed E-state index contributed by atoms with van der Waals surface area (Å²) in [5.41, 5.74) is 0.355. The van der Waals surface area contributed by atoms with E-state index in [-0.39, 0.29) is 39.7 Å². The zero-order valence-electron chi connectivity index (χ0n) is 23.8. The van der Waals surface area contributed by atoms with Crippen LogP contribution >= 0.6 is 23.2 Å². The van der Waals surface area contributed by atoms with Crippen molar-refractivity contribution in [2.75, 3.05) is 16.8 Å². The first kappa shape index (κ1) is 30.6. The molecule has 6 rings (SSSR count). The molecule has 0 radical (unpaired) electrons. The second-order valence-electron chi connectivity index (χ2n) is 11.1. The Hall–Kier alpha value is -4.41. The molecule has 1 aromatic heterocycles. The number of aromatic nitrogens is 2. The quantitative estimate of drug-likeness (QED) is 0.258. The Labute approximate surface area is 269 Å². The highest BCUT2D eigenvalue weighted by Crippen LogP contribution is 2.45. The second-order valence-corrected chi connectivity index (χ2v) is 13.8. The van der Waals surface area contributed by atoms with Crippen molar-refractivity contribution in [2.45, 2.75) is 42.8 Å². The molecule has 11 nitrogen and oxygen atoms in total. The molecule has 0 saturated carbocycles. The molecule has 45 heavy (non-hydrogen) atoms. The molecule has 1 fully saturated rings. The molecule has 14 heteroatoms. The van der Waals surface area contributed by atoms with Crippen LogP contribution in [0.25, 0.3) is 0 Å². The summed E-state index contributed by atoms with van der Waals surface area (Å²) in [5.74, 6) is -0.903. The number of amides is 2. The van der Waals surface area contributed by atoms with Gasteiger partial charge in [-0.05, 0) is 79.9 Å². The lowest BCUT2D eigenvalue weighted by molar-refractivity contribution is -0.124. The highest BCUT2D eigenvalue weighted by atomic mass is 35.5. The Morgan fingerprint density at radius 2 is 1.78 bits per heavy atom. The number of carbonyl (C=O) groups excluding carboxylic acids is 2. The zero-order valence-corrected chi connectivity index (χ0v) is 26.1. The van der Waals surface area contributed by atoms with Gasteiger partial charge in [-0.25, -0.2) is 18.3 Å². The van der Waals surface area contributed by atoms with Crippen molar-refractivity contribution in [3.8, 4) is 11.8 Å². The number of fused-ring (bicyclic) bond motifs is 1. The van der Waals surface area contributed by atoms with Crippen molar-refractivity contribution >= 4 is 62.4 Å². The van der Waals surface area contributed by atoms with E-state index >= 15 is 0 Å². The summed E-state index contributed by atoms with van der Waals surface area (Å²) >= 11 is 12.6. The zero-order chi connectivity index (χ0) is 32.1. The number of rotatable bonds is 7. The van der Waals surface area contributed by atoms with Gasteiger partial charge in [0.25, 0.3) is 15.9 Å². The molecule has 3 heterocycles. The van der Waals surface area contributed by atoms with Crippen LogP contribution in [0.5, 0.6) is 5.75 Å². The molecule has 0 spiro atoms. The van der Waals surface area contributed by atoms with E-state index in [9.17, 15) is 28.4 Å². The predicted molar refractivity (Wildman–Crippen MR) is 168 cm³/mol. The molecule has 2 aliphatic rings. The molecule has 2 unspecified atom stereocenters. The van der Waals surface area contributed by atoms with Crippen LogP contribution in [-0.4, -0.2) is 51.8 Å². The van der Waals surface area contributed by atoms with Crippen molar-refractivity contribution in [2.24, 2.45) is 0 Å². The first-order valence-corrected chi connectivity index (χ1v) is 16.1. The van der Waals surface area contributed by atoms with Crippen molar-refractivity contribution in [1.82, 2.24) is 13.9 Å². The average Bonchev–Trinajstić information content (AvgIpc) is 3.72. The number of nitrogens with zero attached hydrogens (tertiary/aromatic N) is 5. The lowest BCUT2D eigenvalue weighted by atomic mass is 9.91. The molecule has 4 aromatic rings. The van der Waals surface area contributed by atoms with E-state index in [2.05, 4.69) is 16.4 Å². The van der Waals surface area contributed by atoms with Gasteiger partial charge in [-0.3, -0.25) is 14.2 Å². The number of anilines is 3. The van der Waals surface area contributed by atoms with Crippen LogP contribution in [0.3, 0.4) is 0 Å². The summed E-state index contributed by atoms with van der Waals surface area (Å²) in [6.45, 7) is 1.72. The van der Waals surface area contributed by atoms with Crippen LogP contribution < -0.4 is 10.2 Å². The Morgan fingerprint density at radius 1 is 1.11 bits per heavy atom. The molecular weight excluding hydrogens is 639 g/mol. The van der Waals surface area contributed by atoms with E-state index in [0.717, 1.165) is 4.31 Å². The summed E-state index contributed by atoms with van der Waals surface area (Å²) in [5, 5.41) is 21.8. The van der Waals surface area contributed by atoms with Crippen LogP contribution in [0.1, 0.15) is 30.9 Å². The molecule has 0 bridgehead atoms. The number of hydrogen-bond acceptors (Lipinski definition) is 7. The number of imidazole rings is 1. The summed E-state index contributed by atoms with van der Waals surface area (Å²) in [7, 11) is -4.37. The molecule has 2 aliphatic heterocycles. The van der Waals surface area contributed by atoms with Gasteiger partial charge in [0.05, 0.1) is 23.5 Å². The number of sulfonamides is 1. The number of benzene rings is 3. The SMILES string of the molecule is CC1(Cc2ccc(C#N)cc2)C(=O)N(c2cc(Cl)cc(Cl)c2)c2ncc(S(=O)(=O)N3CCCC3C(=O)Nc3ccc(O)cc3)n21. The van der Waals surface area contributed by atoms with Crippen LogP contribution in [-0.2, 0) is 31.6 Å². The maximum absolute atomic E-state index is 14.4. The van der Waals surface area contributed by atoms with E-state index in [4.69, 9.17) is 23.2 Å². The fraction of sp³-hybridized carbons (Fsp3) is 0.226. The normalized spacial score (nSPS) is 19.8. The second kappa shape index (κ2) is 11.5. The minimum Gasteiger partial charge on any atom is -0.508 e. The summed E-state index contributed by atoms with van der Waals surface area (Å²) in [6, 6.07) is 18.2. The van der Waals surface area contributed by atoms with E-state index < -0.39 is 33.4 Å². The Kier molecular flexibility index (Phi) is 7.82. The molecular formula is C31H26Cl2N6O5S. The van der Waals surface area contributed by atoms with Crippen LogP contribution in [0.2, 0.25) is 10.0 Å². The maximum Gasteiger partial charge on any atom is 0.261 e. The van der Waals surface area contributed by atoms with Crippen LogP contribution in [0.4, 0.5) is 17.3 Å². The van der Waals surface area contributed by atoms with Crippen LogP contribution in [0, 0.1) is 11.3 Å². The van der Waals surface area contributed by atoms with Gasteiger partial charge in [0, 0.05) is 28.7 Å². The third kappa shape index (κ3) is 5.42. The van der Waals surface area contributed by atoms with Gasteiger partial charge in [-0.2, -0.15) is 9.57 Å². The first-order valence-electron chi connectivity index (χ1n) is 13.9. The standard InChI is InChI=1S/C31H26Cl2N6O5S/c1-31(16-19-4-6-20(17-34)7-5-19)29(42)38(24-14-21(32)13-22(33)15-24)30-35-18-27(39(30)31)45(43,44)37-12-2-3-26(37)28(41)36-23-8-10-25(40)11-9-23/h4-11,13-15,18,26,40H,2-3,12,16H2,1H3,(H,36,41). The van der Waals surface area contributed by atoms with Crippen molar-refractivity contribution in [3.63, 3.8) is 0 Å². The lowest BCUT2D eigenvalue weighted by Crippen LogP contribution is -2.46. The van der Waals surface area contributed by atoms with Gasteiger partial charge in [0.2, 0.25) is 11.9 Å². The fourth-order valence-corrected chi connectivity index (χ4v) is 8.25. The molecule has 2 N–H and O–H groups in total. The highest BCUT2D eigenvalue weighted by Gasteiger charge is 2.53. The maximum atomic E-state index is 14.4. The summed E-state index contributed by atoms with van der Waals surface area (Å²) in [4.78, 5) is 33.4. The van der Waals surface area contributed by atoms with Gasteiger partial charge in [-0.1, -0.05) is 35.3 Å². The fourth-order valence-electron chi connectivity index (χ4n) is 5.89. The largest absolute Gasteiger partial charge is 0.508 e. The number of halogens is 2. The molecule has 3 aromatic carbocycles. The number of carbonyl (C=O) groups is 2. The Morgan fingerprint density at radius 3 is 2.42 bits per heavy atom. The first-order chi connectivity index (χ1) is 21.4. The monoisotopic (exact) mass is 664 g/mol. The van der Waals surface area contributed by atoms with Crippen molar-refractivity contribution < 1.29 is 23.1 Å². The Bertz CT molecular complexity index is 1950. The number of hydrogen-bond donors (Lipinski definition) is 2. The summed E-state index contributed by atoms with van der Waals surface area (Å²) in [6.07, 6.45) is 2.00. The molecule has 230 valence electrons. The van der Waals surface area contributed by atoms with E-state index in [1.807, 2.05) is 0 Å². The van der Waals surface area contributed by atoms with Crippen molar-refractivity contribution in [1.29, 1.82) is 5.26 Å². The van der Waals surface area contributed by atoms with E-state index in [1.54, 1.807) is 31.2 Å². The van der Waals surface area contributed by atoms with Gasteiger partial charge in [-0.15, -0.1) is 0 Å². The summed E-state index contributed by atoms with van der Waals surface area (Å²) < 4.78 is 31.3.